The molecule has 0 spiro atoms. The number of carbonyl (C=O) groups is 1. The number of rotatable bonds is 8. The van der Waals surface area contributed by atoms with Crippen molar-refractivity contribution >= 4 is 15.7 Å². The number of nitrogens with zero attached hydrogens (tertiary/aromatic N) is 3. The lowest BCUT2D eigenvalue weighted by Crippen LogP contribution is -2.37. The third-order valence-electron chi connectivity index (χ3n) is 6.62. The highest BCUT2D eigenvalue weighted by atomic mass is 32.2. The molecule has 1 saturated heterocycles. The Balaban J connectivity index is 1.77. The first-order valence-electron chi connectivity index (χ1n) is 12.1. The molecule has 188 valence electrons. The first-order valence-corrected chi connectivity index (χ1v) is 13.6. The highest BCUT2D eigenvalue weighted by Crippen LogP contribution is 2.32. The van der Waals surface area contributed by atoms with Gasteiger partial charge < -0.3 is 5.32 Å². The Morgan fingerprint density at radius 2 is 1.72 bits per heavy atom. The van der Waals surface area contributed by atoms with Crippen molar-refractivity contribution in [3.8, 4) is 11.1 Å². The summed E-state index contributed by atoms with van der Waals surface area (Å²) in [6.07, 6.45) is 6.73. The Kier molecular flexibility index (Phi) is 7.66. The van der Waals surface area contributed by atoms with Gasteiger partial charge in [-0.3, -0.25) is 9.69 Å². The van der Waals surface area contributed by atoms with Crippen LogP contribution in [0.2, 0.25) is 0 Å². The van der Waals surface area contributed by atoms with E-state index < -0.39 is 15.2 Å². The minimum absolute atomic E-state index is 0.115. The van der Waals surface area contributed by atoms with Crippen LogP contribution >= 0.6 is 0 Å². The monoisotopic (exact) mass is 504 g/mol. The minimum atomic E-state index is -3.81. The third kappa shape index (κ3) is 5.39. The highest BCUT2D eigenvalue weighted by Gasteiger charge is 2.33. The molecular weight excluding hydrogens is 472 g/mol. The number of carbonyl (C=O) groups excluding carboxylic acids is 1. The zero-order valence-corrected chi connectivity index (χ0v) is 21.8. The van der Waals surface area contributed by atoms with Gasteiger partial charge in [-0.25, -0.2) is 18.4 Å². The molecule has 1 aliphatic heterocycles. The van der Waals surface area contributed by atoms with Gasteiger partial charge in [0.15, 0.2) is 9.84 Å². The van der Waals surface area contributed by atoms with Gasteiger partial charge in [0.25, 0.3) is 5.91 Å². The number of hydrogen-bond acceptors (Lipinski definition) is 6. The van der Waals surface area contributed by atoms with Crippen molar-refractivity contribution < 1.29 is 13.2 Å². The summed E-state index contributed by atoms with van der Waals surface area (Å²) in [4.78, 5) is 23.7. The first kappa shape index (κ1) is 25.7. The topological polar surface area (TPSA) is 92.3 Å². The average molecular weight is 505 g/mol. The normalized spacial score (nSPS) is 15.0. The van der Waals surface area contributed by atoms with E-state index in [1.54, 1.807) is 25.4 Å². The highest BCUT2D eigenvalue weighted by molar-refractivity contribution is 7.92. The lowest BCUT2D eigenvalue weighted by atomic mass is 9.95. The second-order valence-corrected chi connectivity index (χ2v) is 11.3. The Bertz CT molecular complexity index is 1360. The van der Waals surface area contributed by atoms with Crippen LogP contribution < -0.4 is 5.32 Å². The summed E-state index contributed by atoms with van der Waals surface area (Å²) in [5, 5.41) is 2.06. The molecule has 1 aromatic heterocycles. The molecule has 2 aromatic carbocycles. The fourth-order valence-electron chi connectivity index (χ4n) is 4.52. The number of hydrogen-bond donors (Lipinski definition) is 1. The van der Waals surface area contributed by atoms with Crippen molar-refractivity contribution in [2.45, 2.75) is 50.4 Å². The lowest BCUT2D eigenvalue weighted by Gasteiger charge is -2.25. The van der Waals surface area contributed by atoms with E-state index in [1.807, 2.05) is 43.0 Å². The minimum Gasteiger partial charge on any atom is -0.348 e. The van der Waals surface area contributed by atoms with Gasteiger partial charge in [0, 0.05) is 30.1 Å². The molecule has 8 heteroatoms. The van der Waals surface area contributed by atoms with E-state index >= 15 is 0 Å². The average Bonchev–Trinajstić information content (AvgIpc) is 3.39. The molecule has 1 aliphatic rings. The number of nitrogens with one attached hydrogen (secondary N) is 1. The maximum absolute atomic E-state index is 13.8. The van der Waals surface area contributed by atoms with Crippen molar-refractivity contribution in [2.75, 3.05) is 13.1 Å². The number of likely N-dealkylation sites (tertiary alicyclic amines) is 1. The molecule has 1 N–H and O–H groups in total. The van der Waals surface area contributed by atoms with Crippen LogP contribution in [0, 0.1) is 20.8 Å². The molecular formula is C28H32N4O3S. The molecule has 1 atom stereocenters. The molecule has 1 unspecified atom stereocenters. The van der Waals surface area contributed by atoms with Crippen molar-refractivity contribution in [1.82, 2.24) is 20.2 Å². The number of benzene rings is 2. The summed E-state index contributed by atoms with van der Waals surface area (Å²) in [5.74, 6) is 0.297. The second kappa shape index (κ2) is 10.7. The van der Waals surface area contributed by atoms with Gasteiger partial charge in [0.1, 0.15) is 11.2 Å². The Hall–Kier alpha value is -3.36. The predicted molar refractivity (Wildman–Crippen MR) is 141 cm³/mol. The number of amides is 1. The van der Waals surface area contributed by atoms with Crippen molar-refractivity contribution in [1.29, 1.82) is 0 Å². The number of aryl methyl sites for hydroxylation is 2. The maximum atomic E-state index is 13.8. The largest absolute Gasteiger partial charge is 0.348 e. The summed E-state index contributed by atoms with van der Waals surface area (Å²) in [5.41, 5.74) is 4.46. The fraction of sp³-hybridized carbons (Fsp3) is 0.321. The van der Waals surface area contributed by atoms with Crippen LogP contribution in [-0.2, 0) is 16.4 Å². The van der Waals surface area contributed by atoms with Gasteiger partial charge in [-0.15, -0.1) is 6.58 Å². The third-order valence-corrected chi connectivity index (χ3v) is 8.64. The molecule has 0 aliphatic carbocycles. The van der Waals surface area contributed by atoms with Crippen molar-refractivity contribution in [3.63, 3.8) is 0 Å². The Morgan fingerprint density at radius 3 is 2.33 bits per heavy atom. The zero-order chi connectivity index (χ0) is 25.9. The van der Waals surface area contributed by atoms with Crippen LogP contribution in [0.5, 0.6) is 0 Å². The number of aromatic nitrogens is 2. The van der Waals surface area contributed by atoms with Crippen molar-refractivity contribution in [3.05, 3.63) is 89.5 Å². The standard InChI is InChI=1S/C28H32N4O3S/c1-5-27(32-12-6-7-13-32)36(34,35)24-14-25(23-10-8-19(2)9-11-23)20(3)26(15-24)28(33)31-18-22-16-29-21(4)30-17-22/h5,8-11,14-17,27H,1,6-7,12-13,18H2,2-4H3,(H,31,33). The van der Waals surface area contributed by atoms with Crippen LogP contribution in [0.15, 0.2) is 66.3 Å². The number of sulfone groups is 1. The van der Waals surface area contributed by atoms with Gasteiger partial charge in [-0.2, -0.15) is 0 Å². The molecule has 7 nitrogen and oxygen atoms in total. The Morgan fingerprint density at radius 1 is 1.08 bits per heavy atom. The predicted octanol–water partition coefficient (Wildman–Crippen LogP) is 4.38. The first-order chi connectivity index (χ1) is 17.2. The van der Waals surface area contributed by atoms with Crippen LogP contribution in [0.4, 0.5) is 0 Å². The van der Waals surface area contributed by atoms with Crippen molar-refractivity contribution in [2.24, 2.45) is 0 Å². The molecule has 1 fully saturated rings. The smallest absolute Gasteiger partial charge is 0.251 e. The second-order valence-electron chi connectivity index (χ2n) is 9.24. The van der Waals surface area contributed by atoms with Gasteiger partial charge in [0.05, 0.1) is 4.90 Å². The van der Waals surface area contributed by atoms with Crippen LogP contribution in [0.25, 0.3) is 11.1 Å². The van der Waals surface area contributed by atoms with E-state index in [4.69, 9.17) is 0 Å². The fourth-order valence-corrected chi connectivity index (χ4v) is 6.22. The zero-order valence-electron chi connectivity index (χ0n) is 21.0. The molecule has 36 heavy (non-hydrogen) atoms. The van der Waals surface area contributed by atoms with E-state index in [9.17, 15) is 13.2 Å². The van der Waals surface area contributed by atoms with E-state index in [2.05, 4.69) is 21.9 Å². The summed E-state index contributed by atoms with van der Waals surface area (Å²) in [7, 11) is -3.81. The lowest BCUT2D eigenvalue weighted by molar-refractivity contribution is 0.0950. The Labute approximate surface area is 213 Å². The van der Waals surface area contributed by atoms with Crippen LogP contribution in [0.1, 0.15) is 45.7 Å². The summed E-state index contributed by atoms with van der Waals surface area (Å²) >= 11 is 0. The quantitative estimate of drug-likeness (QED) is 0.458. The summed E-state index contributed by atoms with van der Waals surface area (Å²) < 4.78 is 27.6. The molecule has 2 heterocycles. The van der Waals surface area contributed by atoms with Crippen LogP contribution in [0.3, 0.4) is 0 Å². The molecule has 0 saturated carbocycles. The molecule has 3 aromatic rings. The maximum Gasteiger partial charge on any atom is 0.251 e. The molecule has 4 rings (SSSR count). The van der Waals surface area contributed by atoms with E-state index in [0.717, 1.165) is 29.5 Å². The molecule has 1 amide bonds. The van der Waals surface area contributed by atoms with Gasteiger partial charge in [0.2, 0.25) is 0 Å². The molecule has 0 bridgehead atoms. The summed E-state index contributed by atoms with van der Waals surface area (Å²) in [6, 6.07) is 11.0. The summed E-state index contributed by atoms with van der Waals surface area (Å²) in [6.45, 7) is 11.1. The van der Waals surface area contributed by atoms with E-state index in [0.29, 0.717) is 35.6 Å². The molecule has 0 radical (unpaired) electrons. The van der Waals surface area contributed by atoms with E-state index in [-0.39, 0.29) is 17.3 Å². The van der Waals surface area contributed by atoms with Gasteiger partial charge in [-0.05, 0) is 75.5 Å². The van der Waals surface area contributed by atoms with Gasteiger partial charge in [-0.1, -0.05) is 35.9 Å². The van der Waals surface area contributed by atoms with Gasteiger partial charge >= 0.3 is 0 Å². The SMILES string of the molecule is C=CC(N1CCCC1)S(=O)(=O)c1cc(C(=O)NCc2cnc(C)nc2)c(C)c(-c2ccc(C)cc2)c1. The van der Waals surface area contributed by atoms with E-state index in [1.165, 1.54) is 12.1 Å². The van der Waals surface area contributed by atoms with Crippen LogP contribution in [-0.4, -0.2) is 47.7 Å².